The van der Waals surface area contributed by atoms with Crippen LogP contribution in [0.2, 0.25) is 0 Å². The van der Waals surface area contributed by atoms with E-state index in [1.807, 2.05) is 18.2 Å². The number of ketones is 1. The van der Waals surface area contributed by atoms with E-state index >= 15 is 0 Å². The Morgan fingerprint density at radius 1 is 1.28 bits per heavy atom. The third kappa shape index (κ3) is 6.53. The van der Waals surface area contributed by atoms with E-state index in [1.54, 1.807) is 13.1 Å². The van der Waals surface area contributed by atoms with Crippen LogP contribution in [-0.2, 0) is 11.2 Å². The van der Waals surface area contributed by atoms with Crippen molar-refractivity contribution in [3.63, 3.8) is 0 Å². The maximum atomic E-state index is 10.6. The Morgan fingerprint density at radius 2 is 1.94 bits per heavy atom. The summed E-state index contributed by atoms with van der Waals surface area (Å²) in [6.45, 7) is 6.31. The molecule has 1 aliphatic rings. The number of pyridine rings is 1. The first-order valence-electron chi connectivity index (χ1n) is 6.97. The monoisotopic (exact) mass is 247 g/mol. The molecule has 0 amide bonds. The van der Waals surface area contributed by atoms with Gasteiger partial charge in [-0.15, -0.1) is 0 Å². The molecule has 1 aromatic heterocycles. The standard InChI is InChI=1S/C8H9NO.C8H16/c1-7(10)6-8-4-2-3-5-9-8;1-7-4-3-5-8(2)6-7/h2-5H,6H2,1H3;7-8H,3-6H2,1-2H3/t;7-,8?/m.1/s1. The SMILES string of the molecule is CC(=O)Cc1ccccn1.CC1CCC[C@@H](C)C1. The van der Waals surface area contributed by atoms with E-state index in [-0.39, 0.29) is 5.78 Å². The maximum absolute atomic E-state index is 10.6. The van der Waals surface area contributed by atoms with Crippen LogP contribution in [0.3, 0.4) is 0 Å². The second-order valence-electron chi connectivity index (χ2n) is 5.58. The van der Waals surface area contributed by atoms with Crippen LogP contribution in [0, 0.1) is 11.8 Å². The molecule has 1 aromatic rings. The highest BCUT2D eigenvalue weighted by Gasteiger charge is 2.13. The quantitative estimate of drug-likeness (QED) is 0.789. The van der Waals surface area contributed by atoms with Crippen LogP contribution < -0.4 is 0 Å². The molecular formula is C16H25NO. The minimum atomic E-state index is 0.152. The van der Waals surface area contributed by atoms with E-state index in [0.717, 1.165) is 17.5 Å². The Kier molecular flexibility index (Phi) is 6.63. The summed E-state index contributed by atoms with van der Waals surface area (Å²) >= 11 is 0. The first-order valence-corrected chi connectivity index (χ1v) is 6.97. The lowest BCUT2D eigenvalue weighted by atomic mass is 9.84. The van der Waals surface area contributed by atoms with Crippen molar-refractivity contribution < 1.29 is 4.79 Å². The molecule has 18 heavy (non-hydrogen) atoms. The molecule has 0 spiro atoms. The number of Topliss-reactive ketones (excluding diaryl/α,β-unsaturated/α-hetero) is 1. The first-order chi connectivity index (χ1) is 8.58. The van der Waals surface area contributed by atoms with Crippen LogP contribution in [0.25, 0.3) is 0 Å². The van der Waals surface area contributed by atoms with Crippen molar-refractivity contribution in [2.45, 2.75) is 52.9 Å². The van der Waals surface area contributed by atoms with Gasteiger partial charge in [0.15, 0.2) is 0 Å². The molecule has 1 saturated carbocycles. The average molecular weight is 247 g/mol. The third-order valence-electron chi connectivity index (χ3n) is 3.35. The predicted octanol–water partition coefficient (Wildman–Crippen LogP) is 4.05. The van der Waals surface area contributed by atoms with Gasteiger partial charge in [-0.25, -0.2) is 0 Å². The van der Waals surface area contributed by atoms with Gasteiger partial charge in [-0.05, 0) is 37.3 Å². The molecule has 1 fully saturated rings. The highest BCUT2D eigenvalue weighted by Crippen LogP contribution is 2.27. The number of nitrogens with zero attached hydrogens (tertiary/aromatic N) is 1. The highest BCUT2D eigenvalue weighted by atomic mass is 16.1. The highest BCUT2D eigenvalue weighted by molar-refractivity contribution is 5.77. The summed E-state index contributed by atoms with van der Waals surface area (Å²) in [4.78, 5) is 14.6. The fraction of sp³-hybridized carbons (Fsp3) is 0.625. The molecule has 0 aromatic carbocycles. The fourth-order valence-corrected chi connectivity index (χ4v) is 2.50. The van der Waals surface area contributed by atoms with Gasteiger partial charge in [0.25, 0.3) is 0 Å². The van der Waals surface area contributed by atoms with Crippen LogP contribution in [0.1, 0.15) is 52.1 Å². The lowest BCUT2D eigenvalue weighted by molar-refractivity contribution is -0.116. The Balaban J connectivity index is 0.000000184. The molecule has 1 unspecified atom stereocenters. The second-order valence-corrected chi connectivity index (χ2v) is 5.58. The lowest BCUT2D eigenvalue weighted by Crippen LogP contribution is -2.09. The van der Waals surface area contributed by atoms with Crippen molar-refractivity contribution >= 4 is 5.78 Å². The summed E-state index contributed by atoms with van der Waals surface area (Å²) in [7, 11) is 0. The predicted molar refractivity (Wildman–Crippen MR) is 75.4 cm³/mol. The number of carbonyl (C=O) groups excluding carboxylic acids is 1. The zero-order valence-corrected chi connectivity index (χ0v) is 11.9. The maximum Gasteiger partial charge on any atom is 0.135 e. The minimum absolute atomic E-state index is 0.152. The topological polar surface area (TPSA) is 30.0 Å². The number of hydrogen-bond acceptors (Lipinski definition) is 2. The van der Waals surface area contributed by atoms with Gasteiger partial charge in [-0.2, -0.15) is 0 Å². The molecule has 2 atom stereocenters. The van der Waals surface area contributed by atoms with E-state index in [0.29, 0.717) is 6.42 Å². The Hall–Kier alpha value is -1.18. The average Bonchev–Trinajstić information content (AvgIpc) is 2.30. The molecule has 0 bridgehead atoms. The minimum Gasteiger partial charge on any atom is -0.300 e. The summed E-state index contributed by atoms with van der Waals surface area (Å²) < 4.78 is 0. The number of hydrogen-bond donors (Lipinski definition) is 0. The van der Waals surface area contributed by atoms with Crippen LogP contribution >= 0.6 is 0 Å². The van der Waals surface area contributed by atoms with Crippen molar-refractivity contribution in [2.24, 2.45) is 11.8 Å². The normalized spacial score (nSPS) is 22.8. The smallest absolute Gasteiger partial charge is 0.135 e. The van der Waals surface area contributed by atoms with Crippen LogP contribution in [0.4, 0.5) is 0 Å². The van der Waals surface area contributed by atoms with Gasteiger partial charge in [0.1, 0.15) is 5.78 Å². The molecule has 2 nitrogen and oxygen atoms in total. The number of aromatic nitrogens is 1. The zero-order valence-electron chi connectivity index (χ0n) is 11.9. The van der Waals surface area contributed by atoms with Gasteiger partial charge in [-0.3, -0.25) is 9.78 Å². The molecule has 2 rings (SSSR count). The van der Waals surface area contributed by atoms with E-state index < -0.39 is 0 Å². The molecule has 100 valence electrons. The largest absolute Gasteiger partial charge is 0.300 e. The molecule has 0 aliphatic heterocycles. The van der Waals surface area contributed by atoms with E-state index in [1.165, 1.54) is 25.7 Å². The molecule has 2 heteroatoms. The summed E-state index contributed by atoms with van der Waals surface area (Å²) in [5.41, 5.74) is 0.843. The van der Waals surface area contributed by atoms with Crippen molar-refractivity contribution in [3.05, 3.63) is 30.1 Å². The van der Waals surface area contributed by atoms with Crippen molar-refractivity contribution in [3.8, 4) is 0 Å². The van der Waals surface area contributed by atoms with Gasteiger partial charge in [0, 0.05) is 18.3 Å². The van der Waals surface area contributed by atoms with Gasteiger partial charge in [0.2, 0.25) is 0 Å². The summed E-state index contributed by atoms with van der Waals surface area (Å²) in [6.07, 6.45) is 8.04. The van der Waals surface area contributed by atoms with Crippen LogP contribution in [-0.4, -0.2) is 10.8 Å². The molecule has 1 heterocycles. The lowest BCUT2D eigenvalue weighted by Gasteiger charge is -2.22. The van der Waals surface area contributed by atoms with E-state index in [9.17, 15) is 4.79 Å². The second kappa shape index (κ2) is 8.02. The summed E-state index contributed by atoms with van der Waals surface area (Å²) in [5, 5.41) is 0. The first kappa shape index (κ1) is 14.9. The molecule has 0 N–H and O–H groups in total. The van der Waals surface area contributed by atoms with Crippen molar-refractivity contribution in [2.75, 3.05) is 0 Å². The van der Waals surface area contributed by atoms with E-state index in [4.69, 9.17) is 0 Å². The Bertz CT molecular complexity index is 339. The van der Waals surface area contributed by atoms with E-state index in [2.05, 4.69) is 18.8 Å². The fourth-order valence-electron chi connectivity index (χ4n) is 2.50. The number of carbonyl (C=O) groups is 1. The van der Waals surface area contributed by atoms with Gasteiger partial charge < -0.3 is 0 Å². The van der Waals surface area contributed by atoms with Crippen molar-refractivity contribution in [1.29, 1.82) is 0 Å². The molecule has 0 saturated heterocycles. The zero-order chi connectivity index (χ0) is 13.4. The Morgan fingerprint density at radius 3 is 2.33 bits per heavy atom. The van der Waals surface area contributed by atoms with Crippen molar-refractivity contribution in [1.82, 2.24) is 4.98 Å². The molecule has 0 radical (unpaired) electrons. The third-order valence-corrected chi connectivity index (χ3v) is 3.35. The molecule has 1 aliphatic carbocycles. The van der Waals surface area contributed by atoms with Crippen LogP contribution in [0.15, 0.2) is 24.4 Å². The number of rotatable bonds is 2. The summed E-state index contributed by atoms with van der Waals surface area (Å²) in [6, 6.07) is 5.57. The Labute approximate surface area is 111 Å². The van der Waals surface area contributed by atoms with Gasteiger partial charge >= 0.3 is 0 Å². The van der Waals surface area contributed by atoms with Gasteiger partial charge in [-0.1, -0.05) is 39.2 Å². The molecular weight excluding hydrogens is 222 g/mol. The summed E-state index contributed by atoms with van der Waals surface area (Å²) in [5.74, 6) is 2.18. The van der Waals surface area contributed by atoms with Gasteiger partial charge in [0.05, 0.1) is 0 Å². The van der Waals surface area contributed by atoms with Crippen LogP contribution in [0.5, 0.6) is 0 Å².